The third kappa shape index (κ3) is 3.53. The Hall–Kier alpha value is -0.780. The van der Waals surface area contributed by atoms with E-state index < -0.39 is 0 Å². The molecule has 1 rings (SSSR count). The largest absolute Gasteiger partial charge is 0.0651 e. The first kappa shape index (κ1) is 11.3. The molecule has 0 saturated carbocycles. The van der Waals surface area contributed by atoms with Crippen LogP contribution in [-0.2, 0) is 0 Å². The lowest BCUT2D eigenvalue weighted by Crippen LogP contribution is -1.98. The topological polar surface area (TPSA) is 0 Å². The monoisotopic (exact) mass is 190 g/mol. The molecule has 0 heteroatoms. The summed E-state index contributed by atoms with van der Waals surface area (Å²) >= 11 is 0. The van der Waals surface area contributed by atoms with Crippen molar-refractivity contribution in [1.82, 2.24) is 0 Å². The lowest BCUT2D eigenvalue weighted by molar-refractivity contribution is 0.470. The summed E-state index contributed by atoms with van der Waals surface area (Å²) in [5.41, 5.74) is 1.48. The third-order valence-corrected chi connectivity index (χ3v) is 3.16. The van der Waals surface area contributed by atoms with Crippen molar-refractivity contribution in [3.8, 4) is 0 Å². The van der Waals surface area contributed by atoms with Crippen LogP contribution in [0.25, 0.3) is 0 Å². The Morgan fingerprint density at radius 2 is 1.64 bits per heavy atom. The van der Waals surface area contributed by atoms with Gasteiger partial charge in [0.1, 0.15) is 0 Å². The molecule has 0 saturated heterocycles. The average molecular weight is 190 g/mol. The number of benzene rings is 1. The van der Waals surface area contributed by atoms with Gasteiger partial charge in [-0.1, -0.05) is 63.9 Å². The molecule has 0 bridgehead atoms. The highest BCUT2D eigenvalue weighted by atomic mass is 14.1. The van der Waals surface area contributed by atoms with E-state index in [0.717, 1.165) is 5.92 Å². The van der Waals surface area contributed by atoms with E-state index in [1.54, 1.807) is 0 Å². The molecule has 0 N–H and O–H groups in total. The number of hydrogen-bond acceptors (Lipinski definition) is 0. The maximum atomic E-state index is 2.34. The molecule has 2 atom stereocenters. The lowest BCUT2D eigenvalue weighted by atomic mass is 9.92. The molecule has 0 spiro atoms. The molecular weight excluding hydrogens is 168 g/mol. The molecule has 0 unspecified atom stereocenters. The standard InChI is InChI=1S/C14H22/c1-4-12(2)10-11-13(3)14-8-6-5-7-9-14/h5-9,12-13H,4,10-11H2,1-3H3/t12-,13-/m0/s1. The summed E-state index contributed by atoms with van der Waals surface area (Å²) in [4.78, 5) is 0. The van der Waals surface area contributed by atoms with Gasteiger partial charge in [-0.25, -0.2) is 0 Å². The summed E-state index contributed by atoms with van der Waals surface area (Å²) in [6, 6.07) is 10.8. The first-order valence-corrected chi connectivity index (χ1v) is 5.79. The molecule has 1 aromatic rings. The molecule has 0 heterocycles. The van der Waals surface area contributed by atoms with Gasteiger partial charge in [-0.05, 0) is 23.8 Å². The molecule has 0 radical (unpaired) electrons. The van der Waals surface area contributed by atoms with Crippen molar-refractivity contribution < 1.29 is 0 Å². The number of rotatable bonds is 5. The average Bonchev–Trinajstić information content (AvgIpc) is 2.26. The van der Waals surface area contributed by atoms with Crippen molar-refractivity contribution >= 4 is 0 Å². The minimum atomic E-state index is 0.713. The minimum Gasteiger partial charge on any atom is -0.0651 e. The maximum Gasteiger partial charge on any atom is -0.0190 e. The highest BCUT2D eigenvalue weighted by molar-refractivity contribution is 5.18. The van der Waals surface area contributed by atoms with Crippen LogP contribution in [-0.4, -0.2) is 0 Å². The van der Waals surface area contributed by atoms with E-state index in [1.807, 2.05) is 0 Å². The zero-order chi connectivity index (χ0) is 10.4. The van der Waals surface area contributed by atoms with E-state index in [4.69, 9.17) is 0 Å². The van der Waals surface area contributed by atoms with Crippen LogP contribution in [0.2, 0.25) is 0 Å². The van der Waals surface area contributed by atoms with Gasteiger partial charge in [-0.2, -0.15) is 0 Å². The quantitative estimate of drug-likeness (QED) is 0.635. The van der Waals surface area contributed by atoms with Gasteiger partial charge in [0.2, 0.25) is 0 Å². The highest BCUT2D eigenvalue weighted by Crippen LogP contribution is 2.23. The van der Waals surface area contributed by atoms with Crippen molar-refractivity contribution in [2.75, 3.05) is 0 Å². The van der Waals surface area contributed by atoms with Crippen LogP contribution >= 0.6 is 0 Å². The van der Waals surface area contributed by atoms with Gasteiger partial charge in [0.25, 0.3) is 0 Å². The van der Waals surface area contributed by atoms with E-state index in [0.29, 0.717) is 5.92 Å². The van der Waals surface area contributed by atoms with Crippen LogP contribution in [0.15, 0.2) is 30.3 Å². The Balaban J connectivity index is 2.39. The zero-order valence-electron chi connectivity index (χ0n) is 9.66. The van der Waals surface area contributed by atoms with Gasteiger partial charge in [0.05, 0.1) is 0 Å². The Labute approximate surface area is 88.4 Å². The normalized spacial score (nSPS) is 15.1. The highest BCUT2D eigenvalue weighted by Gasteiger charge is 2.06. The zero-order valence-corrected chi connectivity index (χ0v) is 9.66. The van der Waals surface area contributed by atoms with Crippen molar-refractivity contribution in [1.29, 1.82) is 0 Å². The Kier molecular flexibility index (Phi) is 4.72. The van der Waals surface area contributed by atoms with Gasteiger partial charge in [-0.3, -0.25) is 0 Å². The van der Waals surface area contributed by atoms with E-state index >= 15 is 0 Å². The van der Waals surface area contributed by atoms with E-state index in [-0.39, 0.29) is 0 Å². The smallest absolute Gasteiger partial charge is 0.0190 e. The summed E-state index contributed by atoms with van der Waals surface area (Å²) in [7, 11) is 0. The molecule has 0 nitrogen and oxygen atoms in total. The lowest BCUT2D eigenvalue weighted by Gasteiger charge is -2.14. The second kappa shape index (κ2) is 5.85. The fourth-order valence-electron chi connectivity index (χ4n) is 1.69. The molecule has 0 aromatic heterocycles. The fraction of sp³-hybridized carbons (Fsp3) is 0.571. The van der Waals surface area contributed by atoms with E-state index in [2.05, 4.69) is 51.1 Å². The first-order chi connectivity index (χ1) is 6.74. The Bertz CT molecular complexity index is 237. The third-order valence-electron chi connectivity index (χ3n) is 3.16. The summed E-state index contributed by atoms with van der Waals surface area (Å²) in [6.45, 7) is 6.95. The van der Waals surface area contributed by atoms with Gasteiger partial charge in [0.15, 0.2) is 0 Å². The van der Waals surface area contributed by atoms with E-state index in [9.17, 15) is 0 Å². The van der Waals surface area contributed by atoms with Crippen molar-refractivity contribution in [2.24, 2.45) is 5.92 Å². The molecule has 0 aliphatic rings. The second-order valence-corrected chi connectivity index (χ2v) is 4.40. The van der Waals surface area contributed by atoms with Crippen LogP contribution in [0.3, 0.4) is 0 Å². The SMILES string of the molecule is CC[C@H](C)CC[C@H](C)c1ccccc1. The minimum absolute atomic E-state index is 0.713. The summed E-state index contributed by atoms with van der Waals surface area (Å²) in [5, 5.41) is 0. The van der Waals surface area contributed by atoms with Gasteiger partial charge in [-0.15, -0.1) is 0 Å². The molecule has 0 amide bonds. The second-order valence-electron chi connectivity index (χ2n) is 4.40. The molecule has 0 fully saturated rings. The Morgan fingerprint density at radius 3 is 2.21 bits per heavy atom. The van der Waals surface area contributed by atoms with Crippen LogP contribution in [0.1, 0.15) is 51.5 Å². The first-order valence-electron chi connectivity index (χ1n) is 5.79. The number of hydrogen-bond donors (Lipinski definition) is 0. The molecule has 78 valence electrons. The van der Waals surface area contributed by atoms with Crippen molar-refractivity contribution in [2.45, 2.75) is 46.0 Å². The van der Waals surface area contributed by atoms with Crippen molar-refractivity contribution in [3.05, 3.63) is 35.9 Å². The van der Waals surface area contributed by atoms with Gasteiger partial charge >= 0.3 is 0 Å². The van der Waals surface area contributed by atoms with Crippen LogP contribution in [0, 0.1) is 5.92 Å². The van der Waals surface area contributed by atoms with Crippen LogP contribution in [0.5, 0.6) is 0 Å². The molecule has 14 heavy (non-hydrogen) atoms. The van der Waals surface area contributed by atoms with Gasteiger partial charge in [0, 0.05) is 0 Å². The Morgan fingerprint density at radius 1 is 1.00 bits per heavy atom. The van der Waals surface area contributed by atoms with Crippen LogP contribution in [0.4, 0.5) is 0 Å². The summed E-state index contributed by atoms with van der Waals surface area (Å²) < 4.78 is 0. The van der Waals surface area contributed by atoms with Crippen molar-refractivity contribution in [3.63, 3.8) is 0 Å². The van der Waals surface area contributed by atoms with Crippen LogP contribution < -0.4 is 0 Å². The molecule has 0 aliphatic carbocycles. The van der Waals surface area contributed by atoms with Gasteiger partial charge < -0.3 is 0 Å². The fourth-order valence-corrected chi connectivity index (χ4v) is 1.69. The summed E-state index contributed by atoms with van der Waals surface area (Å²) in [5.74, 6) is 1.59. The predicted octanol–water partition coefficient (Wildman–Crippen LogP) is 4.62. The molecular formula is C14H22. The summed E-state index contributed by atoms with van der Waals surface area (Å²) in [6.07, 6.45) is 3.98. The van der Waals surface area contributed by atoms with E-state index in [1.165, 1.54) is 24.8 Å². The molecule has 0 aliphatic heterocycles. The molecule has 1 aromatic carbocycles. The predicted molar refractivity (Wildman–Crippen MR) is 63.5 cm³/mol. The maximum absolute atomic E-state index is 2.34.